The van der Waals surface area contributed by atoms with Gasteiger partial charge in [-0.3, -0.25) is 9.69 Å². The molecule has 1 aromatic carbocycles. The third-order valence-electron chi connectivity index (χ3n) is 4.67. The summed E-state index contributed by atoms with van der Waals surface area (Å²) in [7, 11) is 1.80. The number of amides is 1. The molecule has 2 atom stereocenters. The first-order valence-corrected chi connectivity index (χ1v) is 9.95. The summed E-state index contributed by atoms with van der Waals surface area (Å²) in [5, 5.41) is 3.31. The van der Waals surface area contributed by atoms with Crippen molar-refractivity contribution in [3.05, 3.63) is 34.7 Å². The second-order valence-electron chi connectivity index (χ2n) is 6.37. The minimum atomic E-state index is -0.0271. The summed E-state index contributed by atoms with van der Waals surface area (Å²) in [6.45, 7) is 2.88. The number of aromatic nitrogens is 1. The number of ether oxygens (including phenoxy) is 1. The van der Waals surface area contributed by atoms with Crippen LogP contribution < -0.4 is 4.90 Å². The summed E-state index contributed by atoms with van der Waals surface area (Å²) in [6.07, 6.45) is 3.98. The van der Waals surface area contributed by atoms with Gasteiger partial charge >= 0.3 is 0 Å². The fraction of sp³-hybridized carbons (Fsp3) is 0.474. The van der Waals surface area contributed by atoms with E-state index in [0.29, 0.717) is 10.2 Å². The molecule has 25 heavy (non-hydrogen) atoms. The fourth-order valence-corrected chi connectivity index (χ4v) is 4.20. The van der Waals surface area contributed by atoms with E-state index in [1.165, 1.54) is 11.3 Å². The molecule has 1 fully saturated rings. The van der Waals surface area contributed by atoms with Crippen molar-refractivity contribution in [2.75, 3.05) is 18.6 Å². The smallest absolute Gasteiger partial charge is 0.231 e. The van der Waals surface area contributed by atoms with Gasteiger partial charge in [-0.1, -0.05) is 36.7 Å². The molecule has 0 unspecified atom stereocenters. The summed E-state index contributed by atoms with van der Waals surface area (Å²) in [5.74, 6) is 0.0822. The highest BCUT2D eigenvalue weighted by molar-refractivity contribution is 7.14. The number of carbonyl (C=O) groups excluding carboxylic acids is 1. The SMILES string of the molecule is CC[C@H](C[C@@H]1CCCO1)C(=O)N(C)c1nc(-c2ccccc2Cl)cs1. The van der Waals surface area contributed by atoms with E-state index < -0.39 is 0 Å². The number of anilines is 1. The summed E-state index contributed by atoms with van der Waals surface area (Å²) in [4.78, 5) is 19.2. The lowest BCUT2D eigenvalue weighted by Gasteiger charge is -2.23. The van der Waals surface area contributed by atoms with Crippen molar-refractivity contribution in [3.8, 4) is 11.3 Å². The fourth-order valence-electron chi connectivity index (χ4n) is 3.17. The first kappa shape index (κ1) is 18.4. The van der Waals surface area contributed by atoms with Crippen LogP contribution in [0.3, 0.4) is 0 Å². The Hall–Kier alpha value is -1.43. The molecule has 0 saturated carbocycles. The molecule has 0 aliphatic carbocycles. The molecule has 2 aromatic rings. The van der Waals surface area contributed by atoms with Crippen molar-refractivity contribution < 1.29 is 9.53 Å². The Morgan fingerprint density at radius 3 is 2.96 bits per heavy atom. The highest BCUT2D eigenvalue weighted by Crippen LogP contribution is 2.32. The first-order chi connectivity index (χ1) is 12.1. The Bertz CT molecular complexity index is 728. The molecule has 4 nitrogen and oxygen atoms in total. The van der Waals surface area contributed by atoms with Crippen LogP contribution in [0.25, 0.3) is 11.3 Å². The first-order valence-electron chi connectivity index (χ1n) is 8.69. The van der Waals surface area contributed by atoms with Crippen molar-refractivity contribution in [2.45, 2.75) is 38.7 Å². The van der Waals surface area contributed by atoms with Crippen LogP contribution in [0.4, 0.5) is 5.13 Å². The summed E-state index contributed by atoms with van der Waals surface area (Å²) >= 11 is 7.71. The largest absolute Gasteiger partial charge is 0.378 e. The van der Waals surface area contributed by atoms with E-state index in [1.807, 2.05) is 29.6 Å². The Morgan fingerprint density at radius 1 is 1.48 bits per heavy atom. The summed E-state index contributed by atoms with van der Waals surface area (Å²) in [5.41, 5.74) is 1.69. The zero-order chi connectivity index (χ0) is 17.8. The topological polar surface area (TPSA) is 42.4 Å². The van der Waals surface area contributed by atoms with E-state index in [1.54, 1.807) is 11.9 Å². The van der Waals surface area contributed by atoms with Crippen molar-refractivity contribution in [3.63, 3.8) is 0 Å². The predicted molar refractivity (Wildman–Crippen MR) is 103 cm³/mol. The lowest BCUT2D eigenvalue weighted by atomic mass is 9.96. The van der Waals surface area contributed by atoms with E-state index in [-0.39, 0.29) is 17.9 Å². The van der Waals surface area contributed by atoms with Crippen LogP contribution in [0, 0.1) is 5.92 Å². The molecule has 6 heteroatoms. The number of hydrogen-bond donors (Lipinski definition) is 0. The molecule has 1 saturated heterocycles. The van der Waals surface area contributed by atoms with Gasteiger partial charge in [-0.05, 0) is 31.7 Å². The van der Waals surface area contributed by atoms with Gasteiger partial charge in [0.05, 0.1) is 11.8 Å². The Morgan fingerprint density at radius 2 is 2.28 bits per heavy atom. The van der Waals surface area contributed by atoms with Crippen LogP contribution in [0.5, 0.6) is 0 Å². The molecule has 134 valence electrons. The normalized spacial score (nSPS) is 18.3. The molecule has 1 aliphatic heterocycles. The van der Waals surface area contributed by atoms with Gasteiger partial charge in [0.1, 0.15) is 0 Å². The number of halogens is 1. The number of carbonyl (C=O) groups is 1. The Labute approximate surface area is 157 Å². The van der Waals surface area contributed by atoms with Crippen LogP contribution >= 0.6 is 22.9 Å². The van der Waals surface area contributed by atoms with E-state index in [2.05, 4.69) is 11.9 Å². The van der Waals surface area contributed by atoms with Crippen LogP contribution in [0.15, 0.2) is 29.6 Å². The number of thiazole rings is 1. The maximum absolute atomic E-state index is 12.9. The second kappa shape index (κ2) is 8.30. The zero-order valence-corrected chi connectivity index (χ0v) is 16.1. The van der Waals surface area contributed by atoms with Crippen LogP contribution in [0.2, 0.25) is 5.02 Å². The summed E-state index contributed by atoms with van der Waals surface area (Å²) in [6, 6.07) is 7.62. The third kappa shape index (κ3) is 4.22. The van der Waals surface area contributed by atoms with E-state index in [0.717, 1.165) is 43.5 Å². The maximum atomic E-state index is 12.9. The Balaban J connectivity index is 1.72. The molecule has 1 aliphatic rings. The van der Waals surface area contributed by atoms with Gasteiger partial charge in [-0.2, -0.15) is 0 Å². The van der Waals surface area contributed by atoms with Crippen molar-refractivity contribution in [1.29, 1.82) is 0 Å². The van der Waals surface area contributed by atoms with Gasteiger partial charge in [0.2, 0.25) is 5.91 Å². The number of nitrogens with zero attached hydrogens (tertiary/aromatic N) is 2. The maximum Gasteiger partial charge on any atom is 0.231 e. The van der Waals surface area contributed by atoms with Crippen LogP contribution in [0.1, 0.15) is 32.6 Å². The van der Waals surface area contributed by atoms with E-state index in [4.69, 9.17) is 16.3 Å². The van der Waals surface area contributed by atoms with Crippen LogP contribution in [-0.2, 0) is 9.53 Å². The zero-order valence-electron chi connectivity index (χ0n) is 14.6. The molecular formula is C19H23ClN2O2S. The van der Waals surface area contributed by atoms with Crippen molar-refractivity contribution in [1.82, 2.24) is 4.98 Å². The number of hydrogen-bond acceptors (Lipinski definition) is 4. The standard InChI is InChI=1S/C19H23ClN2O2S/c1-3-13(11-14-7-6-10-24-14)18(23)22(2)19-21-17(12-25-19)15-8-4-5-9-16(15)20/h4-5,8-9,12-14H,3,6-7,10-11H2,1-2H3/t13-,14+/m1/s1. The average Bonchev–Trinajstić information content (AvgIpc) is 3.30. The molecule has 0 bridgehead atoms. The molecule has 0 spiro atoms. The number of rotatable bonds is 6. The molecule has 3 rings (SSSR count). The third-order valence-corrected chi connectivity index (χ3v) is 5.92. The molecule has 1 amide bonds. The monoisotopic (exact) mass is 378 g/mol. The minimum Gasteiger partial charge on any atom is -0.378 e. The van der Waals surface area contributed by atoms with Gasteiger partial charge in [-0.15, -0.1) is 11.3 Å². The average molecular weight is 379 g/mol. The predicted octanol–water partition coefficient (Wildman–Crippen LogP) is 5.02. The van der Waals surface area contributed by atoms with Gasteiger partial charge in [-0.25, -0.2) is 4.98 Å². The lowest BCUT2D eigenvalue weighted by molar-refractivity contribution is -0.123. The minimum absolute atomic E-state index is 0.0271. The lowest BCUT2D eigenvalue weighted by Crippen LogP contribution is -2.34. The van der Waals surface area contributed by atoms with Crippen LogP contribution in [-0.4, -0.2) is 30.6 Å². The molecule has 0 N–H and O–H groups in total. The quantitative estimate of drug-likeness (QED) is 0.708. The summed E-state index contributed by atoms with van der Waals surface area (Å²) < 4.78 is 5.70. The second-order valence-corrected chi connectivity index (χ2v) is 7.61. The van der Waals surface area contributed by atoms with Gasteiger partial charge in [0.15, 0.2) is 5.13 Å². The highest BCUT2D eigenvalue weighted by atomic mass is 35.5. The molecule has 2 heterocycles. The molecule has 1 aromatic heterocycles. The van der Waals surface area contributed by atoms with Gasteiger partial charge in [0, 0.05) is 35.5 Å². The van der Waals surface area contributed by atoms with Gasteiger partial charge in [0.25, 0.3) is 0 Å². The number of benzene rings is 1. The Kier molecular flexibility index (Phi) is 6.10. The van der Waals surface area contributed by atoms with E-state index >= 15 is 0 Å². The highest BCUT2D eigenvalue weighted by Gasteiger charge is 2.28. The van der Waals surface area contributed by atoms with Gasteiger partial charge < -0.3 is 4.74 Å². The van der Waals surface area contributed by atoms with Crippen molar-refractivity contribution in [2.24, 2.45) is 5.92 Å². The molecular weight excluding hydrogens is 356 g/mol. The van der Waals surface area contributed by atoms with Crippen molar-refractivity contribution >= 4 is 34.0 Å². The molecule has 0 radical (unpaired) electrons. The van der Waals surface area contributed by atoms with E-state index in [9.17, 15) is 4.79 Å².